The monoisotopic (exact) mass is 330 g/mol. The second-order valence-electron chi connectivity index (χ2n) is 5.48. The first-order chi connectivity index (χ1) is 10.2. The number of hydrogen-bond acceptors (Lipinski definition) is 3. The standard InChI is InChI=1S/C16H24Cl2N2O/c1-19-9-8-13-5-2-3-10-20(13)11-12-21-16-14(17)6-4-7-15(16)18/h4,6-7,13,19H,2-3,5,8-12H2,1H3. The lowest BCUT2D eigenvalue weighted by Gasteiger charge is -2.35. The molecule has 1 saturated heterocycles. The van der Waals surface area contributed by atoms with Gasteiger partial charge in [0.05, 0.1) is 10.0 Å². The van der Waals surface area contributed by atoms with E-state index in [4.69, 9.17) is 27.9 Å². The first-order valence-electron chi connectivity index (χ1n) is 7.68. The summed E-state index contributed by atoms with van der Waals surface area (Å²) in [4.78, 5) is 2.53. The fourth-order valence-electron chi connectivity index (χ4n) is 2.88. The van der Waals surface area contributed by atoms with Crippen LogP contribution in [0.25, 0.3) is 0 Å². The van der Waals surface area contributed by atoms with Crippen molar-refractivity contribution in [3.63, 3.8) is 0 Å². The molecule has 0 aliphatic carbocycles. The Hall–Kier alpha value is -0.480. The van der Waals surface area contributed by atoms with E-state index in [9.17, 15) is 0 Å². The normalized spacial score (nSPS) is 19.7. The van der Waals surface area contributed by atoms with Gasteiger partial charge >= 0.3 is 0 Å². The first kappa shape index (κ1) is 16.9. The summed E-state index contributed by atoms with van der Waals surface area (Å²) < 4.78 is 5.80. The van der Waals surface area contributed by atoms with Crippen LogP contribution in [0.3, 0.4) is 0 Å². The Bertz CT molecular complexity index is 422. The summed E-state index contributed by atoms with van der Waals surface area (Å²) in [5, 5.41) is 4.39. The van der Waals surface area contributed by atoms with E-state index in [2.05, 4.69) is 10.2 Å². The Morgan fingerprint density at radius 1 is 1.29 bits per heavy atom. The zero-order chi connectivity index (χ0) is 15.1. The zero-order valence-electron chi connectivity index (χ0n) is 12.6. The van der Waals surface area contributed by atoms with E-state index in [1.807, 2.05) is 13.1 Å². The van der Waals surface area contributed by atoms with Crippen molar-refractivity contribution >= 4 is 23.2 Å². The Kier molecular flexibility index (Phi) is 7.11. The number of hydrogen-bond donors (Lipinski definition) is 1. The molecule has 1 atom stereocenters. The molecular formula is C16H24Cl2N2O. The number of benzene rings is 1. The van der Waals surface area contributed by atoms with E-state index in [0.717, 1.165) is 19.6 Å². The number of halogens is 2. The molecule has 0 amide bonds. The minimum Gasteiger partial charge on any atom is -0.489 e. The van der Waals surface area contributed by atoms with E-state index in [1.165, 1.54) is 25.7 Å². The summed E-state index contributed by atoms with van der Waals surface area (Å²) in [6, 6.07) is 6.10. The van der Waals surface area contributed by atoms with Crippen LogP contribution in [0, 0.1) is 0 Å². The van der Waals surface area contributed by atoms with E-state index >= 15 is 0 Å². The van der Waals surface area contributed by atoms with Gasteiger partial charge in [-0.3, -0.25) is 4.90 Å². The first-order valence-corrected chi connectivity index (χ1v) is 8.43. The number of nitrogens with zero attached hydrogens (tertiary/aromatic N) is 1. The van der Waals surface area contributed by atoms with Crippen LogP contribution >= 0.6 is 23.2 Å². The van der Waals surface area contributed by atoms with E-state index in [-0.39, 0.29) is 0 Å². The van der Waals surface area contributed by atoms with Crippen LogP contribution in [0.4, 0.5) is 0 Å². The van der Waals surface area contributed by atoms with E-state index in [1.54, 1.807) is 12.1 Å². The molecule has 3 nitrogen and oxygen atoms in total. The predicted octanol–water partition coefficient (Wildman–Crippen LogP) is 3.84. The van der Waals surface area contributed by atoms with Gasteiger partial charge in [0.25, 0.3) is 0 Å². The van der Waals surface area contributed by atoms with Crippen LogP contribution in [0.2, 0.25) is 10.0 Å². The predicted molar refractivity (Wildman–Crippen MR) is 89.7 cm³/mol. The third kappa shape index (κ3) is 5.03. The van der Waals surface area contributed by atoms with Crippen LogP contribution in [-0.4, -0.2) is 44.2 Å². The van der Waals surface area contributed by atoms with Crippen LogP contribution < -0.4 is 10.1 Å². The number of piperidine rings is 1. The van der Waals surface area contributed by atoms with Gasteiger partial charge in [0.1, 0.15) is 6.61 Å². The minimum absolute atomic E-state index is 0.577. The van der Waals surface area contributed by atoms with Gasteiger partial charge in [-0.25, -0.2) is 0 Å². The average molecular weight is 331 g/mol. The third-order valence-electron chi connectivity index (χ3n) is 4.02. The van der Waals surface area contributed by atoms with Crippen molar-refractivity contribution in [1.82, 2.24) is 10.2 Å². The lowest BCUT2D eigenvalue weighted by molar-refractivity contribution is 0.117. The quantitative estimate of drug-likeness (QED) is 0.822. The van der Waals surface area contributed by atoms with E-state index in [0.29, 0.717) is 28.4 Å². The highest BCUT2D eigenvalue weighted by Crippen LogP contribution is 2.32. The molecule has 0 radical (unpaired) electrons. The van der Waals surface area contributed by atoms with Crippen molar-refractivity contribution in [2.75, 3.05) is 33.3 Å². The summed E-state index contributed by atoms with van der Waals surface area (Å²) in [5.74, 6) is 0.601. The molecule has 1 aromatic carbocycles. The topological polar surface area (TPSA) is 24.5 Å². The number of likely N-dealkylation sites (tertiary alicyclic amines) is 1. The van der Waals surface area contributed by atoms with Crippen LogP contribution in [0.5, 0.6) is 5.75 Å². The molecule has 1 unspecified atom stereocenters. The van der Waals surface area contributed by atoms with Crippen molar-refractivity contribution < 1.29 is 4.74 Å². The van der Waals surface area contributed by atoms with Gasteiger partial charge in [-0.2, -0.15) is 0 Å². The number of para-hydroxylation sites is 1. The average Bonchev–Trinajstić information content (AvgIpc) is 2.49. The Morgan fingerprint density at radius 3 is 2.76 bits per heavy atom. The molecule has 0 spiro atoms. The summed E-state index contributed by atoms with van der Waals surface area (Å²) in [6.45, 7) is 3.78. The Balaban J connectivity index is 1.83. The van der Waals surface area contributed by atoms with Gasteiger partial charge in [0.15, 0.2) is 5.75 Å². The second-order valence-corrected chi connectivity index (χ2v) is 6.29. The number of rotatable bonds is 7. The van der Waals surface area contributed by atoms with Crippen molar-refractivity contribution in [3.05, 3.63) is 28.2 Å². The maximum atomic E-state index is 6.12. The lowest BCUT2D eigenvalue weighted by Crippen LogP contribution is -2.43. The summed E-state index contributed by atoms with van der Waals surface area (Å²) in [7, 11) is 2.01. The van der Waals surface area contributed by atoms with Crippen molar-refractivity contribution in [2.24, 2.45) is 0 Å². The summed E-state index contributed by atoms with van der Waals surface area (Å²) >= 11 is 12.2. The maximum absolute atomic E-state index is 6.12. The Labute approximate surface area is 137 Å². The zero-order valence-corrected chi connectivity index (χ0v) is 14.1. The highest BCUT2D eigenvalue weighted by molar-refractivity contribution is 6.37. The molecule has 1 fully saturated rings. The molecular weight excluding hydrogens is 307 g/mol. The fourth-order valence-corrected chi connectivity index (χ4v) is 3.38. The summed E-state index contributed by atoms with van der Waals surface area (Å²) in [6.07, 6.45) is 5.10. The van der Waals surface area contributed by atoms with Crippen molar-refractivity contribution in [1.29, 1.82) is 0 Å². The van der Waals surface area contributed by atoms with Gasteiger partial charge in [-0.1, -0.05) is 35.7 Å². The van der Waals surface area contributed by atoms with E-state index < -0.39 is 0 Å². The molecule has 0 bridgehead atoms. The van der Waals surface area contributed by atoms with Gasteiger partial charge in [0.2, 0.25) is 0 Å². The fraction of sp³-hybridized carbons (Fsp3) is 0.625. The van der Waals surface area contributed by atoms with Crippen molar-refractivity contribution in [2.45, 2.75) is 31.7 Å². The highest BCUT2D eigenvalue weighted by atomic mass is 35.5. The highest BCUT2D eigenvalue weighted by Gasteiger charge is 2.21. The maximum Gasteiger partial charge on any atom is 0.156 e. The molecule has 2 rings (SSSR count). The molecule has 1 aliphatic heterocycles. The number of ether oxygens (including phenoxy) is 1. The molecule has 1 aliphatic rings. The molecule has 118 valence electrons. The smallest absolute Gasteiger partial charge is 0.156 e. The van der Waals surface area contributed by atoms with Gasteiger partial charge in [-0.05, 0) is 51.5 Å². The van der Waals surface area contributed by atoms with Crippen LogP contribution in [0.1, 0.15) is 25.7 Å². The molecule has 1 heterocycles. The number of nitrogens with one attached hydrogen (secondary N) is 1. The second kappa shape index (κ2) is 8.84. The SMILES string of the molecule is CNCCC1CCCCN1CCOc1c(Cl)cccc1Cl. The van der Waals surface area contributed by atoms with Gasteiger partial charge < -0.3 is 10.1 Å². The Morgan fingerprint density at radius 2 is 2.05 bits per heavy atom. The van der Waals surface area contributed by atoms with Crippen LogP contribution in [-0.2, 0) is 0 Å². The molecule has 1 aromatic rings. The minimum atomic E-state index is 0.577. The molecule has 0 saturated carbocycles. The van der Waals surface area contributed by atoms with Gasteiger partial charge in [-0.15, -0.1) is 0 Å². The lowest BCUT2D eigenvalue weighted by atomic mass is 9.99. The summed E-state index contributed by atoms with van der Waals surface area (Å²) in [5.41, 5.74) is 0. The largest absolute Gasteiger partial charge is 0.489 e. The molecule has 0 aromatic heterocycles. The van der Waals surface area contributed by atoms with Gasteiger partial charge in [0, 0.05) is 12.6 Å². The van der Waals surface area contributed by atoms with Crippen LogP contribution in [0.15, 0.2) is 18.2 Å². The molecule has 21 heavy (non-hydrogen) atoms. The third-order valence-corrected chi connectivity index (χ3v) is 4.62. The molecule has 1 N–H and O–H groups in total. The molecule has 5 heteroatoms. The van der Waals surface area contributed by atoms with Crippen molar-refractivity contribution in [3.8, 4) is 5.75 Å².